The SMILES string of the molecule is CCCC1CCCN(CCC(NC)C(C)(C)C)CC1. The highest BCUT2D eigenvalue weighted by atomic mass is 15.1. The second kappa shape index (κ2) is 8.26. The van der Waals surface area contributed by atoms with Gasteiger partial charge in [-0.2, -0.15) is 0 Å². The van der Waals surface area contributed by atoms with E-state index in [1.54, 1.807) is 0 Å². The molecule has 1 aliphatic rings. The van der Waals surface area contributed by atoms with E-state index in [0.717, 1.165) is 5.92 Å². The average molecular weight is 268 g/mol. The van der Waals surface area contributed by atoms with Crippen LogP contribution < -0.4 is 5.32 Å². The van der Waals surface area contributed by atoms with Crippen molar-refractivity contribution in [3.63, 3.8) is 0 Å². The van der Waals surface area contributed by atoms with Crippen LogP contribution in [-0.4, -0.2) is 37.6 Å². The fourth-order valence-electron chi connectivity index (χ4n) is 3.47. The summed E-state index contributed by atoms with van der Waals surface area (Å²) in [7, 11) is 2.11. The standard InChI is InChI=1S/C17H36N2/c1-6-8-15-9-7-12-19(13-10-15)14-11-16(18-5)17(2,3)4/h15-16,18H,6-14H2,1-5H3. The van der Waals surface area contributed by atoms with Gasteiger partial charge in [0.05, 0.1) is 0 Å². The Morgan fingerprint density at radius 3 is 2.53 bits per heavy atom. The Hall–Kier alpha value is -0.0800. The third-order valence-corrected chi connectivity index (χ3v) is 4.77. The van der Waals surface area contributed by atoms with E-state index in [-0.39, 0.29) is 0 Å². The molecule has 19 heavy (non-hydrogen) atoms. The summed E-state index contributed by atoms with van der Waals surface area (Å²) in [5.41, 5.74) is 0.366. The zero-order valence-corrected chi connectivity index (χ0v) is 14.0. The lowest BCUT2D eigenvalue weighted by Gasteiger charge is -2.32. The maximum atomic E-state index is 3.50. The van der Waals surface area contributed by atoms with Gasteiger partial charge in [0.2, 0.25) is 0 Å². The monoisotopic (exact) mass is 268 g/mol. The van der Waals surface area contributed by atoms with Crippen LogP contribution in [0.15, 0.2) is 0 Å². The Bertz CT molecular complexity index is 232. The summed E-state index contributed by atoms with van der Waals surface area (Å²) in [6.07, 6.45) is 8.36. The number of likely N-dealkylation sites (tertiary alicyclic amines) is 1. The lowest BCUT2D eigenvalue weighted by molar-refractivity contribution is 0.212. The van der Waals surface area contributed by atoms with Crippen molar-refractivity contribution in [2.24, 2.45) is 11.3 Å². The van der Waals surface area contributed by atoms with Crippen LogP contribution in [0.4, 0.5) is 0 Å². The molecule has 1 fully saturated rings. The summed E-state index contributed by atoms with van der Waals surface area (Å²) >= 11 is 0. The van der Waals surface area contributed by atoms with E-state index in [1.165, 1.54) is 58.2 Å². The highest BCUT2D eigenvalue weighted by Crippen LogP contribution is 2.24. The summed E-state index contributed by atoms with van der Waals surface area (Å²) in [5.74, 6) is 0.998. The zero-order valence-electron chi connectivity index (χ0n) is 14.0. The Morgan fingerprint density at radius 1 is 1.21 bits per heavy atom. The van der Waals surface area contributed by atoms with Gasteiger partial charge in [0.1, 0.15) is 0 Å². The molecule has 0 amide bonds. The van der Waals surface area contributed by atoms with Crippen LogP contribution >= 0.6 is 0 Å². The van der Waals surface area contributed by atoms with Crippen LogP contribution in [0.5, 0.6) is 0 Å². The first kappa shape index (κ1) is 17.0. The highest BCUT2D eigenvalue weighted by Gasteiger charge is 2.24. The molecule has 114 valence electrons. The Balaban J connectivity index is 2.33. The molecule has 0 aromatic rings. The van der Waals surface area contributed by atoms with Crippen LogP contribution in [-0.2, 0) is 0 Å². The largest absolute Gasteiger partial charge is 0.316 e. The van der Waals surface area contributed by atoms with Crippen molar-refractivity contribution in [3.05, 3.63) is 0 Å². The van der Waals surface area contributed by atoms with Crippen LogP contribution in [0.3, 0.4) is 0 Å². The van der Waals surface area contributed by atoms with Crippen molar-refractivity contribution in [2.75, 3.05) is 26.7 Å². The van der Waals surface area contributed by atoms with E-state index >= 15 is 0 Å². The molecule has 2 nitrogen and oxygen atoms in total. The lowest BCUT2D eigenvalue weighted by atomic mass is 9.85. The Labute approximate surface area is 121 Å². The van der Waals surface area contributed by atoms with Crippen LogP contribution in [0, 0.1) is 11.3 Å². The molecule has 0 spiro atoms. The molecular formula is C17H36N2. The van der Waals surface area contributed by atoms with Crippen LogP contribution in [0.1, 0.15) is 66.2 Å². The number of hydrogen-bond donors (Lipinski definition) is 1. The van der Waals surface area contributed by atoms with E-state index in [1.807, 2.05) is 0 Å². The third kappa shape index (κ3) is 6.27. The van der Waals surface area contributed by atoms with E-state index in [0.29, 0.717) is 11.5 Å². The number of nitrogens with one attached hydrogen (secondary N) is 1. The lowest BCUT2D eigenvalue weighted by Crippen LogP contribution is -2.41. The first-order chi connectivity index (χ1) is 8.97. The van der Waals surface area contributed by atoms with Crippen molar-refractivity contribution >= 4 is 0 Å². The second-order valence-electron chi connectivity index (χ2n) is 7.42. The maximum absolute atomic E-state index is 3.50. The summed E-state index contributed by atoms with van der Waals surface area (Å²) in [6, 6.07) is 0.627. The van der Waals surface area contributed by atoms with Gasteiger partial charge in [0, 0.05) is 6.04 Å². The molecule has 0 aromatic carbocycles. The number of hydrogen-bond acceptors (Lipinski definition) is 2. The molecule has 1 heterocycles. The minimum absolute atomic E-state index is 0.366. The predicted molar refractivity (Wildman–Crippen MR) is 85.6 cm³/mol. The summed E-state index contributed by atoms with van der Waals surface area (Å²) in [6.45, 7) is 13.3. The van der Waals surface area contributed by atoms with Crippen molar-refractivity contribution in [3.8, 4) is 0 Å². The molecule has 2 atom stereocenters. The van der Waals surface area contributed by atoms with Gasteiger partial charge in [-0.15, -0.1) is 0 Å². The molecule has 1 aliphatic heterocycles. The molecule has 0 bridgehead atoms. The predicted octanol–water partition coefficient (Wildman–Crippen LogP) is 3.91. The van der Waals surface area contributed by atoms with Gasteiger partial charge in [-0.1, -0.05) is 40.5 Å². The molecule has 0 radical (unpaired) electrons. The Morgan fingerprint density at radius 2 is 1.95 bits per heavy atom. The van der Waals surface area contributed by atoms with E-state index in [2.05, 4.69) is 45.0 Å². The smallest absolute Gasteiger partial charge is 0.0125 e. The number of nitrogens with zero attached hydrogens (tertiary/aromatic N) is 1. The first-order valence-corrected chi connectivity index (χ1v) is 8.37. The molecular weight excluding hydrogens is 232 g/mol. The number of rotatable bonds is 6. The van der Waals surface area contributed by atoms with E-state index < -0.39 is 0 Å². The Kier molecular flexibility index (Phi) is 7.38. The average Bonchev–Trinajstić information content (AvgIpc) is 2.54. The van der Waals surface area contributed by atoms with Crippen molar-refractivity contribution in [2.45, 2.75) is 72.3 Å². The highest BCUT2D eigenvalue weighted by molar-refractivity contribution is 4.81. The topological polar surface area (TPSA) is 15.3 Å². The van der Waals surface area contributed by atoms with Gasteiger partial charge < -0.3 is 10.2 Å². The fraction of sp³-hybridized carbons (Fsp3) is 1.00. The van der Waals surface area contributed by atoms with Crippen LogP contribution in [0.2, 0.25) is 0 Å². The van der Waals surface area contributed by atoms with E-state index in [9.17, 15) is 0 Å². The van der Waals surface area contributed by atoms with Gasteiger partial charge in [-0.05, 0) is 63.7 Å². The molecule has 1 saturated heterocycles. The quantitative estimate of drug-likeness (QED) is 0.785. The van der Waals surface area contributed by atoms with Gasteiger partial charge in [0.15, 0.2) is 0 Å². The van der Waals surface area contributed by atoms with Gasteiger partial charge in [-0.25, -0.2) is 0 Å². The molecule has 1 rings (SSSR count). The first-order valence-electron chi connectivity index (χ1n) is 8.37. The normalized spacial score (nSPS) is 24.2. The van der Waals surface area contributed by atoms with Gasteiger partial charge in [-0.3, -0.25) is 0 Å². The maximum Gasteiger partial charge on any atom is 0.0125 e. The fourth-order valence-corrected chi connectivity index (χ4v) is 3.47. The second-order valence-corrected chi connectivity index (χ2v) is 7.42. The van der Waals surface area contributed by atoms with Gasteiger partial charge in [0.25, 0.3) is 0 Å². The molecule has 2 unspecified atom stereocenters. The molecule has 1 N–H and O–H groups in total. The molecule has 2 heteroatoms. The van der Waals surface area contributed by atoms with E-state index in [4.69, 9.17) is 0 Å². The van der Waals surface area contributed by atoms with Crippen molar-refractivity contribution in [1.82, 2.24) is 10.2 Å². The van der Waals surface area contributed by atoms with Crippen LogP contribution in [0.25, 0.3) is 0 Å². The van der Waals surface area contributed by atoms with Crippen molar-refractivity contribution < 1.29 is 0 Å². The van der Waals surface area contributed by atoms with Gasteiger partial charge >= 0.3 is 0 Å². The minimum atomic E-state index is 0.366. The minimum Gasteiger partial charge on any atom is -0.316 e. The third-order valence-electron chi connectivity index (χ3n) is 4.77. The summed E-state index contributed by atoms with van der Waals surface area (Å²) < 4.78 is 0. The zero-order chi connectivity index (χ0) is 14.3. The molecule has 0 saturated carbocycles. The molecule has 0 aliphatic carbocycles. The summed E-state index contributed by atoms with van der Waals surface area (Å²) in [4.78, 5) is 2.70. The summed E-state index contributed by atoms with van der Waals surface area (Å²) in [5, 5.41) is 3.50. The van der Waals surface area contributed by atoms with Crippen molar-refractivity contribution in [1.29, 1.82) is 0 Å². The molecule has 0 aromatic heterocycles.